The van der Waals surface area contributed by atoms with Gasteiger partial charge in [0.15, 0.2) is 6.61 Å². The number of halogens is 1. The van der Waals surface area contributed by atoms with Crippen LogP contribution in [0.1, 0.15) is 11.1 Å². The monoisotopic (exact) mass is 340 g/mol. The van der Waals surface area contributed by atoms with Crippen LogP contribution in [0.3, 0.4) is 0 Å². The van der Waals surface area contributed by atoms with Crippen LogP contribution in [-0.2, 0) is 16.1 Å². The van der Waals surface area contributed by atoms with Crippen molar-refractivity contribution < 1.29 is 14.3 Å². The van der Waals surface area contributed by atoms with Gasteiger partial charge in [0.1, 0.15) is 12.4 Å². The van der Waals surface area contributed by atoms with Crippen molar-refractivity contribution in [2.24, 2.45) is 0 Å². The average molecular weight is 341 g/mol. The zero-order valence-corrected chi connectivity index (χ0v) is 14.0. The summed E-state index contributed by atoms with van der Waals surface area (Å²) in [6.07, 6.45) is 0. The lowest BCUT2D eigenvalue weighted by atomic mass is 10.1. The maximum atomic E-state index is 11.9. The van der Waals surface area contributed by atoms with Gasteiger partial charge in [0.2, 0.25) is 0 Å². The molecule has 0 fully saturated rings. The number of carbonyl (C=O) groups excluding carboxylic acids is 1. The Morgan fingerprint density at radius 3 is 2.71 bits per heavy atom. The first-order chi connectivity index (χ1) is 11.6. The highest BCUT2D eigenvalue weighted by molar-refractivity contribution is 6.32. The van der Waals surface area contributed by atoms with Gasteiger partial charge in [-0.25, -0.2) is 4.79 Å². The van der Waals surface area contributed by atoms with Gasteiger partial charge in [-0.3, -0.25) is 0 Å². The lowest BCUT2D eigenvalue weighted by Gasteiger charge is -2.10. The van der Waals surface area contributed by atoms with Crippen LogP contribution in [0.2, 0.25) is 5.02 Å². The van der Waals surface area contributed by atoms with Crippen molar-refractivity contribution in [2.75, 3.05) is 6.61 Å². The van der Waals surface area contributed by atoms with Gasteiger partial charge in [0.05, 0.1) is 5.02 Å². The predicted molar refractivity (Wildman–Crippen MR) is 95.4 cm³/mol. The zero-order chi connectivity index (χ0) is 16.9. The quantitative estimate of drug-likeness (QED) is 0.618. The second kappa shape index (κ2) is 7.37. The van der Waals surface area contributed by atoms with E-state index in [4.69, 9.17) is 21.1 Å². The summed E-state index contributed by atoms with van der Waals surface area (Å²) in [6.45, 7) is 1.97. The van der Waals surface area contributed by atoms with Crippen molar-refractivity contribution in [1.82, 2.24) is 0 Å². The molecule has 4 heteroatoms. The van der Waals surface area contributed by atoms with Gasteiger partial charge in [0, 0.05) is 0 Å². The molecule has 0 aliphatic carbocycles. The number of ether oxygens (including phenoxy) is 2. The Morgan fingerprint density at radius 2 is 1.83 bits per heavy atom. The number of fused-ring (bicyclic) bond motifs is 1. The molecule has 0 bridgehead atoms. The Balaban J connectivity index is 1.60. The van der Waals surface area contributed by atoms with Gasteiger partial charge in [-0.15, -0.1) is 0 Å². The summed E-state index contributed by atoms with van der Waals surface area (Å²) >= 11 is 6.04. The second-order valence-corrected chi connectivity index (χ2v) is 5.93. The first kappa shape index (κ1) is 16.3. The number of hydrogen-bond donors (Lipinski definition) is 0. The fourth-order valence-electron chi connectivity index (χ4n) is 2.48. The number of hydrogen-bond acceptors (Lipinski definition) is 3. The van der Waals surface area contributed by atoms with Crippen LogP contribution in [0, 0.1) is 6.92 Å². The molecular weight excluding hydrogens is 324 g/mol. The molecule has 24 heavy (non-hydrogen) atoms. The summed E-state index contributed by atoms with van der Waals surface area (Å²) in [4.78, 5) is 11.9. The summed E-state index contributed by atoms with van der Waals surface area (Å²) in [5, 5.41) is 2.67. The fourth-order valence-corrected chi connectivity index (χ4v) is 2.65. The van der Waals surface area contributed by atoms with Crippen molar-refractivity contribution in [1.29, 1.82) is 0 Å². The molecule has 0 unspecified atom stereocenters. The lowest BCUT2D eigenvalue weighted by Crippen LogP contribution is -2.15. The minimum atomic E-state index is -0.430. The van der Waals surface area contributed by atoms with Crippen LogP contribution in [0.5, 0.6) is 5.75 Å². The van der Waals surface area contributed by atoms with E-state index in [0.29, 0.717) is 10.8 Å². The van der Waals surface area contributed by atoms with Crippen LogP contribution >= 0.6 is 11.6 Å². The molecule has 0 aliphatic heterocycles. The van der Waals surface area contributed by atoms with Crippen molar-refractivity contribution in [3.63, 3.8) is 0 Å². The van der Waals surface area contributed by atoms with Gasteiger partial charge in [-0.1, -0.05) is 60.1 Å². The third-order valence-electron chi connectivity index (χ3n) is 3.70. The second-order valence-electron chi connectivity index (χ2n) is 5.52. The Kier molecular flexibility index (Phi) is 5.02. The molecule has 0 aliphatic rings. The van der Waals surface area contributed by atoms with Crippen LogP contribution < -0.4 is 4.74 Å². The molecular formula is C20H17ClO3. The number of benzene rings is 3. The molecule has 0 saturated heterocycles. The summed E-state index contributed by atoms with van der Waals surface area (Å²) in [5.41, 5.74) is 1.98. The third kappa shape index (κ3) is 3.87. The first-order valence-electron chi connectivity index (χ1n) is 7.65. The highest BCUT2D eigenvalue weighted by atomic mass is 35.5. The number of esters is 1. The zero-order valence-electron chi connectivity index (χ0n) is 13.3. The van der Waals surface area contributed by atoms with E-state index in [1.54, 1.807) is 12.1 Å². The highest BCUT2D eigenvalue weighted by Crippen LogP contribution is 2.25. The molecule has 3 aromatic carbocycles. The van der Waals surface area contributed by atoms with Crippen molar-refractivity contribution in [3.05, 3.63) is 76.8 Å². The smallest absolute Gasteiger partial charge is 0.344 e. The molecule has 0 aromatic heterocycles. The lowest BCUT2D eigenvalue weighted by molar-refractivity contribution is -0.147. The molecule has 3 nitrogen and oxygen atoms in total. The summed E-state index contributed by atoms with van der Waals surface area (Å²) in [6, 6.07) is 19.4. The number of carbonyl (C=O) groups is 1. The Labute approximate surface area is 145 Å². The Hall–Kier alpha value is -2.52. The van der Waals surface area contributed by atoms with Crippen LogP contribution in [-0.4, -0.2) is 12.6 Å². The molecule has 3 rings (SSSR count). The van der Waals surface area contributed by atoms with E-state index in [2.05, 4.69) is 0 Å². The predicted octanol–water partition coefficient (Wildman–Crippen LogP) is 4.92. The van der Waals surface area contributed by atoms with Crippen molar-refractivity contribution >= 4 is 28.3 Å². The number of rotatable bonds is 5. The van der Waals surface area contributed by atoms with E-state index in [0.717, 1.165) is 21.9 Å². The SMILES string of the molecule is Cc1ccc(Cl)c(OCC(=O)OCc2cccc3ccccc23)c1. The van der Waals surface area contributed by atoms with Gasteiger partial charge < -0.3 is 9.47 Å². The molecule has 0 spiro atoms. The summed E-state index contributed by atoms with van der Waals surface area (Å²) < 4.78 is 10.8. The van der Waals surface area contributed by atoms with Crippen LogP contribution in [0.25, 0.3) is 10.8 Å². The van der Waals surface area contributed by atoms with E-state index in [-0.39, 0.29) is 13.2 Å². The van der Waals surface area contributed by atoms with E-state index in [9.17, 15) is 4.79 Å². The Bertz CT molecular complexity index is 868. The van der Waals surface area contributed by atoms with E-state index < -0.39 is 5.97 Å². The van der Waals surface area contributed by atoms with E-state index in [1.165, 1.54) is 0 Å². The largest absolute Gasteiger partial charge is 0.480 e. The fraction of sp³-hybridized carbons (Fsp3) is 0.150. The topological polar surface area (TPSA) is 35.5 Å². The van der Waals surface area contributed by atoms with Crippen molar-refractivity contribution in [2.45, 2.75) is 13.5 Å². The normalized spacial score (nSPS) is 10.6. The maximum Gasteiger partial charge on any atom is 0.344 e. The minimum Gasteiger partial charge on any atom is -0.480 e. The van der Waals surface area contributed by atoms with Crippen LogP contribution in [0.4, 0.5) is 0 Å². The number of aryl methyl sites for hydroxylation is 1. The van der Waals surface area contributed by atoms with Gasteiger partial charge in [-0.05, 0) is 41.0 Å². The van der Waals surface area contributed by atoms with Gasteiger partial charge >= 0.3 is 5.97 Å². The van der Waals surface area contributed by atoms with E-state index >= 15 is 0 Å². The molecule has 0 heterocycles. The van der Waals surface area contributed by atoms with Crippen LogP contribution in [0.15, 0.2) is 60.7 Å². The Morgan fingerprint density at radius 1 is 1.04 bits per heavy atom. The molecule has 3 aromatic rings. The van der Waals surface area contributed by atoms with Crippen molar-refractivity contribution in [3.8, 4) is 5.75 Å². The molecule has 0 amide bonds. The van der Waals surface area contributed by atoms with Gasteiger partial charge in [-0.2, -0.15) is 0 Å². The third-order valence-corrected chi connectivity index (χ3v) is 4.01. The highest BCUT2D eigenvalue weighted by Gasteiger charge is 2.09. The molecule has 122 valence electrons. The maximum absolute atomic E-state index is 11.9. The average Bonchev–Trinajstić information content (AvgIpc) is 2.60. The first-order valence-corrected chi connectivity index (χ1v) is 8.02. The molecule has 0 saturated carbocycles. The minimum absolute atomic E-state index is 0.173. The summed E-state index contributed by atoms with van der Waals surface area (Å²) in [7, 11) is 0. The van der Waals surface area contributed by atoms with Gasteiger partial charge in [0.25, 0.3) is 0 Å². The molecule has 0 atom stereocenters. The molecule has 0 N–H and O–H groups in total. The molecule has 0 radical (unpaired) electrons. The van der Waals surface area contributed by atoms with E-state index in [1.807, 2.05) is 55.5 Å². The summed E-state index contributed by atoms with van der Waals surface area (Å²) in [5.74, 6) is 0.0549. The standard InChI is InChI=1S/C20H17ClO3/c1-14-9-10-18(21)19(11-14)23-13-20(22)24-12-16-7-4-6-15-5-2-3-8-17(15)16/h2-11H,12-13H2,1H3.